The molecule has 2 N–H and O–H groups in total. The summed E-state index contributed by atoms with van der Waals surface area (Å²) in [6, 6.07) is 0. The van der Waals surface area contributed by atoms with Crippen molar-refractivity contribution in [1.29, 1.82) is 0 Å². The van der Waals surface area contributed by atoms with Crippen LogP contribution in [0.25, 0.3) is 0 Å². The van der Waals surface area contributed by atoms with Gasteiger partial charge in [0.2, 0.25) is 0 Å². The molecule has 0 aliphatic carbocycles. The number of hydrogen-bond donors (Lipinski definition) is 2. The number of ether oxygens (including phenoxy) is 4. The van der Waals surface area contributed by atoms with E-state index < -0.39 is 48.6 Å². The molecular formula is C14H22O8. The summed E-state index contributed by atoms with van der Waals surface area (Å²) >= 11 is 0. The zero-order valence-corrected chi connectivity index (χ0v) is 12.6. The Kier molecular flexibility index (Phi) is 5.74. The van der Waals surface area contributed by atoms with Gasteiger partial charge in [-0.15, -0.1) is 0 Å². The number of fused-ring (bicyclic) bond motifs is 1. The van der Waals surface area contributed by atoms with Gasteiger partial charge in [-0.2, -0.15) is 0 Å². The van der Waals surface area contributed by atoms with E-state index in [0.29, 0.717) is 0 Å². The van der Waals surface area contributed by atoms with Gasteiger partial charge in [0.05, 0.1) is 38.3 Å². The van der Waals surface area contributed by atoms with Crippen LogP contribution in [-0.2, 0) is 28.5 Å². The number of carbonyl (C=O) groups excluding carboxylic acids is 2. The molecule has 126 valence electrons. The molecule has 2 rings (SSSR count). The van der Waals surface area contributed by atoms with E-state index in [4.69, 9.17) is 29.2 Å². The van der Waals surface area contributed by atoms with Crippen molar-refractivity contribution >= 4 is 11.9 Å². The van der Waals surface area contributed by atoms with E-state index in [9.17, 15) is 9.59 Å². The van der Waals surface area contributed by atoms with Crippen LogP contribution < -0.4 is 0 Å². The van der Waals surface area contributed by atoms with Crippen molar-refractivity contribution in [3.63, 3.8) is 0 Å². The molecule has 2 fully saturated rings. The summed E-state index contributed by atoms with van der Waals surface area (Å²) in [5.41, 5.74) is 0. The van der Waals surface area contributed by atoms with Crippen LogP contribution in [-0.4, -0.2) is 72.0 Å². The summed E-state index contributed by atoms with van der Waals surface area (Å²) < 4.78 is 21.5. The monoisotopic (exact) mass is 318 g/mol. The molecule has 0 saturated carbocycles. The summed E-state index contributed by atoms with van der Waals surface area (Å²) in [5, 5.41) is 18.3. The number of aliphatic hydroxyl groups excluding tert-OH is 2. The zero-order chi connectivity index (χ0) is 16.3. The maximum Gasteiger partial charge on any atom is 0.308 e. The lowest BCUT2D eigenvalue weighted by Gasteiger charge is -2.17. The van der Waals surface area contributed by atoms with E-state index in [1.807, 2.05) is 0 Å². The minimum absolute atomic E-state index is 0.0965. The molecule has 0 amide bonds. The third-order valence-corrected chi connectivity index (χ3v) is 3.45. The van der Waals surface area contributed by atoms with Gasteiger partial charge in [0, 0.05) is 0 Å². The van der Waals surface area contributed by atoms with Crippen molar-refractivity contribution in [2.45, 2.75) is 63.3 Å². The van der Waals surface area contributed by atoms with Crippen molar-refractivity contribution in [3.05, 3.63) is 0 Å². The molecule has 0 bridgehead atoms. The van der Waals surface area contributed by atoms with Crippen LogP contribution in [0.4, 0.5) is 0 Å². The van der Waals surface area contributed by atoms with Gasteiger partial charge in [0.1, 0.15) is 12.2 Å². The average Bonchev–Trinajstić information content (AvgIpc) is 2.92. The fourth-order valence-corrected chi connectivity index (χ4v) is 2.55. The van der Waals surface area contributed by atoms with Gasteiger partial charge < -0.3 is 29.2 Å². The lowest BCUT2D eigenvalue weighted by atomic mass is 10.1. The fraction of sp³-hybridized carbons (Fsp3) is 0.857. The molecule has 2 saturated heterocycles. The molecular weight excluding hydrogens is 296 g/mol. The van der Waals surface area contributed by atoms with Crippen LogP contribution in [0.3, 0.4) is 0 Å². The normalized spacial score (nSPS) is 33.1. The lowest BCUT2D eigenvalue weighted by Crippen LogP contribution is -2.36. The van der Waals surface area contributed by atoms with Gasteiger partial charge in [0.15, 0.2) is 12.2 Å². The van der Waals surface area contributed by atoms with Crippen LogP contribution in [0.15, 0.2) is 0 Å². The molecule has 0 radical (unpaired) electrons. The SMILES string of the molecule is C[C@@H](O)CC(=O)OC1CO[C@@H]2[C@@H](OC(=O)C[C@@H](C)O)CO[C@H]12. The Morgan fingerprint density at radius 3 is 1.64 bits per heavy atom. The highest BCUT2D eigenvalue weighted by Gasteiger charge is 2.51. The van der Waals surface area contributed by atoms with Crippen molar-refractivity contribution in [1.82, 2.24) is 0 Å². The molecule has 22 heavy (non-hydrogen) atoms. The average molecular weight is 318 g/mol. The van der Waals surface area contributed by atoms with E-state index in [1.165, 1.54) is 13.8 Å². The van der Waals surface area contributed by atoms with E-state index in [2.05, 4.69) is 0 Å². The Morgan fingerprint density at radius 1 is 0.955 bits per heavy atom. The van der Waals surface area contributed by atoms with Gasteiger partial charge in [-0.1, -0.05) is 0 Å². The predicted molar refractivity (Wildman–Crippen MR) is 71.8 cm³/mol. The van der Waals surface area contributed by atoms with Gasteiger partial charge in [-0.25, -0.2) is 0 Å². The topological polar surface area (TPSA) is 112 Å². The van der Waals surface area contributed by atoms with Crippen LogP contribution in [0.5, 0.6) is 0 Å². The molecule has 8 heteroatoms. The molecule has 1 unspecified atom stereocenters. The molecule has 8 nitrogen and oxygen atoms in total. The standard InChI is InChI=1S/C14H22O8/c1-7(15)3-11(17)21-9-5-19-14-10(6-20-13(9)14)22-12(18)4-8(2)16/h7-10,13-16H,3-6H2,1-2H3/t7-,8-,9+,10?,13-,14-/m1/s1. The summed E-state index contributed by atoms with van der Waals surface area (Å²) in [7, 11) is 0. The third-order valence-electron chi connectivity index (χ3n) is 3.45. The summed E-state index contributed by atoms with van der Waals surface area (Å²) in [4.78, 5) is 23.1. The van der Waals surface area contributed by atoms with Gasteiger partial charge >= 0.3 is 11.9 Å². The van der Waals surface area contributed by atoms with Crippen molar-refractivity contribution in [3.8, 4) is 0 Å². The van der Waals surface area contributed by atoms with E-state index in [1.54, 1.807) is 0 Å². The van der Waals surface area contributed by atoms with E-state index in [-0.39, 0.29) is 26.1 Å². The number of esters is 2. The largest absolute Gasteiger partial charge is 0.457 e. The smallest absolute Gasteiger partial charge is 0.308 e. The Hall–Kier alpha value is -1.22. The van der Waals surface area contributed by atoms with Crippen LogP contribution in [0, 0.1) is 0 Å². The molecule has 0 aromatic rings. The first kappa shape index (κ1) is 17.1. The molecule has 2 heterocycles. The van der Waals surface area contributed by atoms with Gasteiger partial charge in [-0.3, -0.25) is 9.59 Å². The molecule has 6 atom stereocenters. The molecule has 0 aromatic carbocycles. The maximum atomic E-state index is 11.6. The van der Waals surface area contributed by atoms with Crippen LogP contribution in [0.2, 0.25) is 0 Å². The number of hydrogen-bond acceptors (Lipinski definition) is 8. The van der Waals surface area contributed by atoms with Crippen LogP contribution in [0.1, 0.15) is 26.7 Å². The second kappa shape index (κ2) is 7.36. The minimum Gasteiger partial charge on any atom is -0.457 e. The highest BCUT2D eigenvalue weighted by Crippen LogP contribution is 2.31. The first-order valence-corrected chi connectivity index (χ1v) is 7.35. The summed E-state index contributed by atoms with van der Waals surface area (Å²) in [5.74, 6) is -1.05. The molecule has 2 aliphatic heterocycles. The van der Waals surface area contributed by atoms with Crippen molar-refractivity contribution in [2.24, 2.45) is 0 Å². The summed E-state index contributed by atoms with van der Waals surface area (Å²) in [6.45, 7) is 3.31. The molecule has 0 aromatic heterocycles. The number of aliphatic hydroxyl groups is 2. The fourth-order valence-electron chi connectivity index (χ4n) is 2.55. The highest BCUT2D eigenvalue weighted by atomic mass is 16.7. The maximum absolute atomic E-state index is 11.6. The summed E-state index contributed by atoms with van der Waals surface area (Å²) in [6.07, 6.45) is -3.85. The second-order valence-electron chi connectivity index (χ2n) is 5.76. The predicted octanol–water partition coefficient (Wildman–Crippen LogP) is -0.851. The van der Waals surface area contributed by atoms with Crippen molar-refractivity contribution < 1.29 is 38.7 Å². The molecule has 0 spiro atoms. The zero-order valence-electron chi connectivity index (χ0n) is 12.6. The highest BCUT2D eigenvalue weighted by molar-refractivity contribution is 5.70. The second-order valence-corrected chi connectivity index (χ2v) is 5.76. The quantitative estimate of drug-likeness (QED) is 0.609. The van der Waals surface area contributed by atoms with E-state index in [0.717, 1.165) is 0 Å². The first-order chi connectivity index (χ1) is 10.4. The molecule has 2 aliphatic rings. The number of rotatable bonds is 6. The Labute approximate surface area is 128 Å². The Balaban J connectivity index is 1.83. The first-order valence-electron chi connectivity index (χ1n) is 7.35. The van der Waals surface area contributed by atoms with E-state index >= 15 is 0 Å². The Morgan fingerprint density at radius 2 is 1.32 bits per heavy atom. The van der Waals surface area contributed by atoms with Crippen LogP contribution >= 0.6 is 0 Å². The van der Waals surface area contributed by atoms with Gasteiger partial charge in [-0.05, 0) is 13.8 Å². The lowest BCUT2D eigenvalue weighted by molar-refractivity contribution is -0.157. The Bertz CT molecular complexity index is 370. The third kappa shape index (κ3) is 4.39. The van der Waals surface area contributed by atoms with Gasteiger partial charge in [0.25, 0.3) is 0 Å². The minimum atomic E-state index is -0.774. The van der Waals surface area contributed by atoms with Crippen molar-refractivity contribution in [2.75, 3.05) is 13.2 Å². The number of carbonyl (C=O) groups is 2.